The number of benzene rings is 2. The van der Waals surface area contributed by atoms with Crippen LogP contribution in [-0.4, -0.2) is 12.5 Å². The molecule has 2 N–H and O–H groups in total. The van der Waals surface area contributed by atoms with Gasteiger partial charge in [-0.25, -0.2) is 4.39 Å². The third-order valence-electron chi connectivity index (χ3n) is 2.93. The van der Waals surface area contributed by atoms with Crippen LogP contribution < -0.4 is 10.6 Å². The van der Waals surface area contributed by atoms with Gasteiger partial charge in [0.25, 0.3) is 0 Å². The maximum absolute atomic E-state index is 13.0. The highest BCUT2D eigenvalue weighted by molar-refractivity contribution is 6.30. The van der Waals surface area contributed by atoms with E-state index in [4.69, 9.17) is 11.6 Å². The molecule has 0 heterocycles. The molecule has 2 rings (SSSR count). The van der Waals surface area contributed by atoms with Gasteiger partial charge in [-0.15, -0.1) is 0 Å². The minimum atomic E-state index is -0.443. The summed E-state index contributed by atoms with van der Waals surface area (Å²) in [6.07, 6.45) is 0. The van der Waals surface area contributed by atoms with Gasteiger partial charge in [-0.3, -0.25) is 4.79 Å². The van der Waals surface area contributed by atoms with E-state index >= 15 is 0 Å². The van der Waals surface area contributed by atoms with Gasteiger partial charge in [-0.05, 0) is 23.3 Å². The fourth-order valence-electron chi connectivity index (χ4n) is 1.83. The lowest BCUT2D eigenvalue weighted by Gasteiger charge is -2.07. The monoisotopic (exact) mass is 306 g/mol. The molecule has 0 aromatic heterocycles. The molecule has 0 unspecified atom stereocenters. The number of rotatable bonds is 6. The van der Waals surface area contributed by atoms with Crippen LogP contribution in [0.15, 0.2) is 48.5 Å². The molecule has 0 aliphatic carbocycles. The Morgan fingerprint density at radius 2 is 1.81 bits per heavy atom. The Morgan fingerprint density at radius 3 is 2.52 bits per heavy atom. The molecule has 0 radical (unpaired) electrons. The highest BCUT2D eigenvalue weighted by Gasteiger charge is 2.03. The number of hydrogen-bond acceptors (Lipinski definition) is 2. The van der Waals surface area contributed by atoms with E-state index in [9.17, 15) is 9.18 Å². The van der Waals surface area contributed by atoms with E-state index in [1.807, 2.05) is 30.3 Å². The molecule has 110 valence electrons. The summed E-state index contributed by atoms with van der Waals surface area (Å²) in [5.74, 6) is -0.534. The molecule has 0 bridgehead atoms. The lowest BCUT2D eigenvalue weighted by atomic mass is 10.2. The van der Waals surface area contributed by atoms with Crippen molar-refractivity contribution < 1.29 is 9.18 Å². The number of halogens is 2. The van der Waals surface area contributed by atoms with Crippen LogP contribution in [-0.2, 0) is 17.9 Å². The quantitative estimate of drug-likeness (QED) is 0.861. The van der Waals surface area contributed by atoms with E-state index in [0.29, 0.717) is 13.1 Å². The van der Waals surface area contributed by atoms with Crippen LogP contribution in [0, 0.1) is 5.82 Å². The van der Waals surface area contributed by atoms with Crippen LogP contribution in [0.1, 0.15) is 11.1 Å². The van der Waals surface area contributed by atoms with E-state index in [2.05, 4.69) is 10.6 Å². The van der Waals surface area contributed by atoms with Crippen molar-refractivity contribution in [3.05, 3.63) is 70.5 Å². The fourth-order valence-corrected chi connectivity index (χ4v) is 2.03. The summed E-state index contributed by atoms with van der Waals surface area (Å²) in [5, 5.41) is 5.90. The second-order valence-electron chi connectivity index (χ2n) is 4.61. The number of carbonyl (C=O) groups excluding carboxylic acids is 1. The average Bonchev–Trinajstić information content (AvgIpc) is 2.50. The van der Waals surface area contributed by atoms with Gasteiger partial charge < -0.3 is 10.6 Å². The van der Waals surface area contributed by atoms with Crippen molar-refractivity contribution in [1.29, 1.82) is 0 Å². The highest BCUT2D eigenvalue weighted by atomic mass is 35.5. The first-order valence-corrected chi connectivity index (χ1v) is 6.98. The minimum absolute atomic E-state index is 0.0860. The van der Waals surface area contributed by atoms with Crippen molar-refractivity contribution in [3.8, 4) is 0 Å². The standard InChI is InChI=1S/C16H16ClFN2O/c17-14-8-13(6-7-15(14)18)9-19-11-16(21)20-10-12-4-2-1-3-5-12/h1-8,19H,9-11H2,(H,20,21). The van der Waals surface area contributed by atoms with E-state index in [1.54, 1.807) is 12.1 Å². The summed E-state index contributed by atoms with van der Waals surface area (Å²) >= 11 is 5.69. The zero-order valence-corrected chi connectivity index (χ0v) is 12.2. The third-order valence-corrected chi connectivity index (χ3v) is 3.22. The SMILES string of the molecule is O=C(CNCc1ccc(F)c(Cl)c1)NCc1ccccc1. The molecule has 5 heteroatoms. The summed E-state index contributed by atoms with van der Waals surface area (Å²) in [6, 6.07) is 14.2. The van der Waals surface area contributed by atoms with Crippen molar-refractivity contribution in [2.75, 3.05) is 6.54 Å². The first kappa shape index (κ1) is 15.5. The van der Waals surface area contributed by atoms with Crippen molar-refractivity contribution in [2.24, 2.45) is 0 Å². The lowest BCUT2D eigenvalue weighted by molar-refractivity contribution is -0.120. The summed E-state index contributed by atoms with van der Waals surface area (Å²) in [6.45, 7) is 1.16. The molecule has 3 nitrogen and oxygen atoms in total. The molecular weight excluding hydrogens is 291 g/mol. The van der Waals surface area contributed by atoms with Crippen molar-refractivity contribution in [1.82, 2.24) is 10.6 Å². The molecule has 2 aromatic carbocycles. The molecule has 0 aliphatic rings. The highest BCUT2D eigenvalue weighted by Crippen LogP contribution is 2.15. The molecule has 0 spiro atoms. The molecule has 0 saturated heterocycles. The van der Waals surface area contributed by atoms with E-state index in [0.717, 1.165) is 11.1 Å². The van der Waals surface area contributed by atoms with Gasteiger partial charge in [-0.1, -0.05) is 48.0 Å². The van der Waals surface area contributed by atoms with Crippen molar-refractivity contribution in [3.63, 3.8) is 0 Å². The molecular formula is C16H16ClFN2O. The number of hydrogen-bond donors (Lipinski definition) is 2. The number of nitrogens with one attached hydrogen (secondary N) is 2. The van der Waals surface area contributed by atoms with Crippen LogP contribution in [0.3, 0.4) is 0 Å². The predicted octanol–water partition coefficient (Wildman–Crippen LogP) is 2.89. The van der Waals surface area contributed by atoms with Crippen LogP contribution in [0.4, 0.5) is 4.39 Å². The Morgan fingerprint density at radius 1 is 1.05 bits per heavy atom. The average molecular weight is 307 g/mol. The Balaban J connectivity index is 1.70. The number of amides is 1. The zero-order chi connectivity index (χ0) is 15.1. The van der Waals surface area contributed by atoms with E-state index in [1.165, 1.54) is 6.07 Å². The summed E-state index contributed by atoms with van der Waals surface area (Å²) in [5.41, 5.74) is 1.88. The molecule has 2 aromatic rings. The predicted molar refractivity (Wildman–Crippen MR) is 81.4 cm³/mol. The van der Waals surface area contributed by atoms with Crippen LogP contribution in [0.5, 0.6) is 0 Å². The normalized spacial score (nSPS) is 10.4. The lowest BCUT2D eigenvalue weighted by Crippen LogP contribution is -2.33. The topological polar surface area (TPSA) is 41.1 Å². The zero-order valence-electron chi connectivity index (χ0n) is 11.4. The first-order chi connectivity index (χ1) is 10.1. The number of carbonyl (C=O) groups is 1. The van der Waals surface area contributed by atoms with Gasteiger partial charge in [0.05, 0.1) is 11.6 Å². The van der Waals surface area contributed by atoms with Crippen LogP contribution in [0.2, 0.25) is 5.02 Å². The van der Waals surface area contributed by atoms with Crippen LogP contribution >= 0.6 is 11.6 Å². The Kier molecular flexibility index (Phi) is 5.72. The third kappa shape index (κ3) is 5.17. The molecule has 0 aliphatic heterocycles. The van der Waals surface area contributed by atoms with Crippen LogP contribution in [0.25, 0.3) is 0 Å². The maximum Gasteiger partial charge on any atom is 0.234 e. The van der Waals surface area contributed by atoms with Gasteiger partial charge in [0.1, 0.15) is 5.82 Å². The van der Waals surface area contributed by atoms with Gasteiger partial charge >= 0.3 is 0 Å². The summed E-state index contributed by atoms with van der Waals surface area (Å²) in [4.78, 5) is 11.7. The minimum Gasteiger partial charge on any atom is -0.351 e. The largest absolute Gasteiger partial charge is 0.351 e. The summed E-state index contributed by atoms with van der Waals surface area (Å²) in [7, 11) is 0. The van der Waals surface area contributed by atoms with Gasteiger partial charge in [-0.2, -0.15) is 0 Å². The van der Waals surface area contributed by atoms with Crippen molar-refractivity contribution in [2.45, 2.75) is 13.1 Å². The second kappa shape index (κ2) is 7.76. The molecule has 21 heavy (non-hydrogen) atoms. The van der Waals surface area contributed by atoms with E-state index < -0.39 is 5.82 Å². The van der Waals surface area contributed by atoms with E-state index in [-0.39, 0.29) is 17.5 Å². The summed E-state index contributed by atoms with van der Waals surface area (Å²) < 4.78 is 13.0. The van der Waals surface area contributed by atoms with Crippen molar-refractivity contribution >= 4 is 17.5 Å². The second-order valence-corrected chi connectivity index (χ2v) is 5.02. The Labute approximate surface area is 128 Å². The van der Waals surface area contributed by atoms with Gasteiger partial charge in [0.15, 0.2) is 0 Å². The maximum atomic E-state index is 13.0. The first-order valence-electron chi connectivity index (χ1n) is 6.60. The fraction of sp³-hybridized carbons (Fsp3) is 0.188. The molecule has 0 saturated carbocycles. The van der Waals surface area contributed by atoms with Gasteiger partial charge in [0.2, 0.25) is 5.91 Å². The molecule has 0 atom stereocenters. The molecule has 1 amide bonds. The Bertz CT molecular complexity index is 604. The Hall–Kier alpha value is -1.91. The smallest absolute Gasteiger partial charge is 0.234 e. The van der Waals surface area contributed by atoms with Gasteiger partial charge in [0, 0.05) is 13.1 Å². The molecule has 0 fully saturated rings.